The zero-order chi connectivity index (χ0) is 25.1. The first kappa shape index (κ1) is 25.0. The number of amides is 1. The summed E-state index contributed by atoms with van der Waals surface area (Å²) in [5, 5.41) is 13.1. The highest BCUT2D eigenvalue weighted by Gasteiger charge is 2.19. The molecular formula is C27H33N5O2S. The van der Waals surface area contributed by atoms with Gasteiger partial charge in [0.2, 0.25) is 5.78 Å². The number of fused-ring (bicyclic) bond motifs is 3. The molecule has 0 aliphatic heterocycles. The monoisotopic (exact) mass is 491 g/mol. The van der Waals surface area contributed by atoms with Gasteiger partial charge >= 0.3 is 0 Å². The van der Waals surface area contributed by atoms with Gasteiger partial charge in [0.1, 0.15) is 0 Å². The Balaban J connectivity index is 1.83. The van der Waals surface area contributed by atoms with Crippen molar-refractivity contribution in [1.29, 1.82) is 0 Å². The highest BCUT2D eigenvalue weighted by Crippen LogP contribution is 2.26. The Morgan fingerprint density at radius 3 is 2.51 bits per heavy atom. The third-order valence-corrected chi connectivity index (χ3v) is 7.24. The fourth-order valence-electron chi connectivity index (χ4n) is 3.85. The van der Waals surface area contributed by atoms with E-state index in [1.165, 1.54) is 11.1 Å². The predicted octanol–water partition coefficient (Wildman–Crippen LogP) is 5.22. The molecule has 4 aromatic rings. The lowest BCUT2D eigenvalue weighted by Gasteiger charge is -2.14. The maximum Gasteiger partial charge on any atom is 0.262 e. The van der Waals surface area contributed by atoms with Crippen LogP contribution < -0.4 is 10.9 Å². The number of carbonyl (C=O) groups is 1. The van der Waals surface area contributed by atoms with Crippen molar-refractivity contribution in [2.75, 3.05) is 0 Å². The number of benzene rings is 2. The van der Waals surface area contributed by atoms with E-state index in [0.717, 1.165) is 18.6 Å². The van der Waals surface area contributed by atoms with Crippen LogP contribution in [0.2, 0.25) is 0 Å². The van der Waals surface area contributed by atoms with Gasteiger partial charge in [-0.2, -0.15) is 0 Å². The molecule has 0 radical (unpaired) electrons. The number of nitrogens with one attached hydrogen (secondary N) is 1. The normalized spacial score (nSPS) is 12.5. The van der Waals surface area contributed by atoms with E-state index in [-0.39, 0.29) is 17.5 Å². The topological polar surface area (TPSA) is 81.3 Å². The highest BCUT2D eigenvalue weighted by molar-refractivity contribution is 7.98. The molecule has 0 aliphatic carbocycles. The van der Waals surface area contributed by atoms with Crippen molar-refractivity contribution >= 4 is 34.3 Å². The lowest BCUT2D eigenvalue weighted by Crippen LogP contribution is -2.32. The van der Waals surface area contributed by atoms with Gasteiger partial charge in [-0.1, -0.05) is 62.4 Å². The Hall–Kier alpha value is -3.13. The minimum absolute atomic E-state index is 0.0674. The third kappa shape index (κ3) is 5.42. The van der Waals surface area contributed by atoms with E-state index in [0.29, 0.717) is 39.9 Å². The van der Waals surface area contributed by atoms with Gasteiger partial charge in [-0.25, -0.2) is 0 Å². The predicted molar refractivity (Wildman–Crippen MR) is 142 cm³/mol. The van der Waals surface area contributed by atoms with E-state index in [9.17, 15) is 9.59 Å². The molecule has 2 aromatic carbocycles. The van der Waals surface area contributed by atoms with Gasteiger partial charge in [-0.05, 0) is 56.4 Å². The van der Waals surface area contributed by atoms with Crippen LogP contribution in [0.15, 0.2) is 52.4 Å². The Labute approximate surface area is 210 Å². The van der Waals surface area contributed by atoms with E-state index >= 15 is 0 Å². The van der Waals surface area contributed by atoms with Crippen molar-refractivity contribution in [3.63, 3.8) is 0 Å². The molecule has 1 unspecified atom stereocenters. The van der Waals surface area contributed by atoms with Crippen LogP contribution in [0.4, 0.5) is 0 Å². The molecule has 184 valence electrons. The number of rotatable bonds is 9. The van der Waals surface area contributed by atoms with Crippen LogP contribution >= 0.6 is 11.8 Å². The molecule has 35 heavy (non-hydrogen) atoms. The minimum Gasteiger partial charge on any atom is -0.350 e. The Kier molecular flexibility index (Phi) is 7.60. The fourth-order valence-corrected chi connectivity index (χ4v) is 4.74. The van der Waals surface area contributed by atoms with Crippen LogP contribution in [0.1, 0.15) is 62.0 Å². The summed E-state index contributed by atoms with van der Waals surface area (Å²) >= 11 is 1.57. The van der Waals surface area contributed by atoms with Crippen molar-refractivity contribution in [3.8, 4) is 0 Å². The average Bonchev–Trinajstić information content (AvgIpc) is 3.27. The first-order valence-corrected chi connectivity index (χ1v) is 13.2. The molecule has 0 saturated heterocycles. The Morgan fingerprint density at radius 1 is 1.09 bits per heavy atom. The summed E-state index contributed by atoms with van der Waals surface area (Å²) in [5.74, 6) is 1.53. The standard InChI is InChI=1S/C27H33N5O2S/c1-6-19(5)28-24(33)21-11-12-22-23(15-21)32-26(31(25(22)34)14-13-17(2)3)29-30-27(32)35-16-20-9-7-18(4)8-10-20/h7-12,15,17,19H,6,13-14,16H2,1-5H3,(H,28,33). The van der Waals surface area contributed by atoms with Gasteiger partial charge in [-0.15, -0.1) is 10.2 Å². The molecule has 1 N–H and O–H groups in total. The number of carbonyl (C=O) groups excluding carboxylic acids is 1. The Bertz CT molecular complexity index is 1410. The second-order valence-corrected chi connectivity index (χ2v) is 10.5. The zero-order valence-corrected chi connectivity index (χ0v) is 21.9. The van der Waals surface area contributed by atoms with Crippen molar-refractivity contribution in [2.45, 2.75) is 71.0 Å². The number of thioether (sulfide) groups is 1. The molecule has 7 nitrogen and oxygen atoms in total. The second-order valence-electron chi connectivity index (χ2n) is 9.55. The quantitative estimate of drug-likeness (QED) is 0.325. The van der Waals surface area contributed by atoms with Crippen molar-refractivity contribution < 1.29 is 4.79 Å². The summed E-state index contributed by atoms with van der Waals surface area (Å²) in [7, 11) is 0. The summed E-state index contributed by atoms with van der Waals surface area (Å²) in [6.45, 7) is 10.9. The zero-order valence-electron chi connectivity index (χ0n) is 21.0. The molecule has 2 heterocycles. The number of hydrogen-bond acceptors (Lipinski definition) is 5. The molecule has 0 bridgehead atoms. The molecule has 8 heteroatoms. The fraction of sp³-hybridized carbons (Fsp3) is 0.407. The molecule has 0 aliphatic rings. The van der Waals surface area contributed by atoms with E-state index in [4.69, 9.17) is 0 Å². The molecule has 0 saturated carbocycles. The third-order valence-electron chi connectivity index (χ3n) is 6.24. The van der Waals surface area contributed by atoms with Crippen LogP contribution in [0.25, 0.3) is 16.7 Å². The van der Waals surface area contributed by atoms with Crippen LogP contribution in [-0.4, -0.2) is 31.1 Å². The largest absolute Gasteiger partial charge is 0.350 e. The molecule has 0 spiro atoms. The van der Waals surface area contributed by atoms with Crippen LogP contribution in [0, 0.1) is 12.8 Å². The van der Waals surface area contributed by atoms with E-state index in [2.05, 4.69) is 60.6 Å². The number of hydrogen-bond donors (Lipinski definition) is 1. The van der Waals surface area contributed by atoms with Crippen LogP contribution in [-0.2, 0) is 12.3 Å². The average molecular weight is 492 g/mol. The van der Waals surface area contributed by atoms with Crippen molar-refractivity contribution in [3.05, 3.63) is 69.5 Å². The SMILES string of the molecule is CCC(C)NC(=O)c1ccc2c(=O)n(CCC(C)C)c3nnc(SCc4ccc(C)cc4)n3c2c1. The molecule has 2 aromatic heterocycles. The second kappa shape index (κ2) is 10.6. The van der Waals surface area contributed by atoms with Gasteiger partial charge < -0.3 is 5.32 Å². The summed E-state index contributed by atoms with van der Waals surface area (Å²) in [6.07, 6.45) is 1.70. The number of aryl methyl sites for hydroxylation is 2. The molecule has 4 rings (SSSR count). The van der Waals surface area contributed by atoms with E-state index in [1.807, 2.05) is 18.2 Å². The first-order valence-electron chi connectivity index (χ1n) is 12.2. The number of nitrogens with zero attached hydrogens (tertiary/aromatic N) is 4. The first-order chi connectivity index (χ1) is 16.8. The van der Waals surface area contributed by atoms with Crippen LogP contribution in [0.3, 0.4) is 0 Å². The molecule has 1 atom stereocenters. The smallest absolute Gasteiger partial charge is 0.262 e. The number of aromatic nitrogens is 4. The van der Waals surface area contributed by atoms with Crippen molar-refractivity contribution in [2.24, 2.45) is 5.92 Å². The van der Waals surface area contributed by atoms with E-state index < -0.39 is 0 Å². The van der Waals surface area contributed by atoms with Gasteiger partial charge in [0.15, 0.2) is 5.16 Å². The molecule has 0 fully saturated rings. The summed E-state index contributed by atoms with van der Waals surface area (Å²) in [6, 6.07) is 13.7. The maximum absolute atomic E-state index is 13.5. The minimum atomic E-state index is -0.152. The summed E-state index contributed by atoms with van der Waals surface area (Å²) in [5.41, 5.74) is 3.46. The van der Waals surface area contributed by atoms with Crippen LogP contribution in [0.5, 0.6) is 0 Å². The highest BCUT2D eigenvalue weighted by atomic mass is 32.2. The van der Waals surface area contributed by atoms with Gasteiger partial charge in [0.05, 0.1) is 10.9 Å². The van der Waals surface area contributed by atoms with Gasteiger partial charge in [0.25, 0.3) is 11.5 Å². The summed E-state index contributed by atoms with van der Waals surface area (Å²) < 4.78 is 3.64. The maximum atomic E-state index is 13.5. The summed E-state index contributed by atoms with van der Waals surface area (Å²) in [4.78, 5) is 26.3. The lowest BCUT2D eigenvalue weighted by molar-refractivity contribution is 0.0939. The molecular weight excluding hydrogens is 458 g/mol. The van der Waals surface area contributed by atoms with E-state index in [1.54, 1.807) is 34.5 Å². The van der Waals surface area contributed by atoms with Crippen molar-refractivity contribution in [1.82, 2.24) is 24.5 Å². The lowest BCUT2D eigenvalue weighted by atomic mass is 10.1. The van der Waals surface area contributed by atoms with Gasteiger partial charge in [0, 0.05) is 23.9 Å². The molecule has 1 amide bonds. The Morgan fingerprint density at radius 2 is 1.83 bits per heavy atom. The van der Waals surface area contributed by atoms with Gasteiger partial charge in [-0.3, -0.25) is 18.6 Å².